The van der Waals surface area contributed by atoms with Crippen molar-refractivity contribution in [3.05, 3.63) is 144 Å². The quantitative estimate of drug-likeness (QED) is 0.156. The number of quaternary nitrogens is 1. The van der Waals surface area contributed by atoms with Crippen LogP contribution >= 0.6 is 0 Å². The lowest BCUT2D eigenvalue weighted by atomic mass is 9.69. The molecule has 0 unspecified atom stereocenters. The summed E-state index contributed by atoms with van der Waals surface area (Å²) in [6.45, 7) is 2.20. The van der Waals surface area contributed by atoms with E-state index in [-0.39, 0.29) is 11.3 Å². The van der Waals surface area contributed by atoms with E-state index < -0.39 is 0 Å². The van der Waals surface area contributed by atoms with Gasteiger partial charge >= 0.3 is 0 Å². The number of hydrogen-bond donors (Lipinski definition) is 0. The van der Waals surface area contributed by atoms with Gasteiger partial charge in [0.2, 0.25) is 0 Å². The molecular formula is C33H33N2+. The van der Waals surface area contributed by atoms with E-state index in [4.69, 9.17) is 5.10 Å². The second-order valence-corrected chi connectivity index (χ2v) is 10.2. The highest BCUT2D eigenvalue weighted by Crippen LogP contribution is 2.70. The van der Waals surface area contributed by atoms with Gasteiger partial charge in [0.1, 0.15) is 0 Å². The molecule has 0 saturated heterocycles. The van der Waals surface area contributed by atoms with E-state index in [0.29, 0.717) is 4.59 Å². The first-order chi connectivity index (χ1) is 16.9. The highest BCUT2D eigenvalue weighted by atomic mass is 15.6. The molecule has 4 aromatic carbocycles. The second kappa shape index (κ2) is 9.13. The van der Waals surface area contributed by atoms with Crippen LogP contribution in [0.1, 0.15) is 35.1 Å². The van der Waals surface area contributed by atoms with Crippen molar-refractivity contribution in [3.63, 3.8) is 0 Å². The van der Waals surface area contributed by atoms with Crippen molar-refractivity contribution in [2.24, 2.45) is 5.10 Å². The third kappa shape index (κ3) is 4.26. The Hall–Kier alpha value is -3.75. The van der Waals surface area contributed by atoms with Crippen LogP contribution in [-0.2, 0) is 5.41 Å². The highest BCUT2D eigenvalue weighted by molar-refractivity contribution is 6.23. The Morgan fingerprint density at radius 1 is 0.600 bits per heavy atom. The third-order valence-electron chi connectivity index (χ3n) is 6.77. The van der Waals surface area contributed by atoms with Crippen molar-refractivity contribution < 1.29 is 4.59 Å². The van der Waals surface area contributed by atoms with Crippen LogP contribution in [0.3, 0.4) is 0 Å². The molecule has 174 valence electrons. The molecule has 0 heterocycles. The van der Waals surface area contributed by atoms with Crippen LogP contribution in [0, 0.1) is 0 Å². The summed E-state index contributed by atoms with van der Waals surface area (Å²) in [5.41, 5.74) is 8.73. The van der Waals surface area contributed by atoms with Crippen LogP contribution in [-0.4, -0.2) is 31.4 Å². The molecule has 0 radical (unpaired) electrons. The molecule has 0 fully saturated rings. The Kier molecular flexibility index (Phi) is 6.00. The monoisotopic (exact) mass is 457 g/mol. The Morgan fingerprint density at radius 2 is 1.00 bits per heavy atom. The van der Waals surface area contributed by atoms with Gasteiger partial charge in [-0.25, -0.2) is 4.59 Å². The zero-order valence-corrected chi connectivity index (χ0v) is 21.0. The van der Waals surface area contributed by atoms with Crippen LogP contribution in [0.25, 0.3) is 11.1 Å². The normalized spacial score (nSPS) is 16.2. The van der Waals surface area contributed by atoms with Crippen molar-refractivity contribution >= 4 is 16.9 Å². The molecule has 0 spiro atoms. The maximum Gasteiger partial charge on any atom is 0.0923 e. The maximum absolute atomic E-state index is 5.20. The molecule has 2 heteroatoms. The molecule has 0 N–H and O–H groups in total. The van der Waals surface area contributed by atoms with E-state index in [1.54, 1.807) is 0 Å². The molecule has 5 rings (SSSR count). The number of hydrogen-bond acceptors (Lipinski definition) is 1. The molecule has 0 saturated carbocycles. The summed E-state index contributed by atoms with van der Waals surface area (Å²) in [7, 11) is 6.37. The van der Waals surface area contributed by atoms with Crippen LogP contribution in [0.2, 0.25) is 0 Å². The zero-order valence-electron chi connectivity index (χ0n) is 21.0. The first-order valence-electron chi connectivity index (χ1n) is 12.3. The zero-order chi connectivity index (χ0) is 24.5. The van der Waals surface area contributed by atoms with Gasteiger partial charge in [-0.1, -0.05) is 126 Å². The molecule has 0 aromatic heterocycles. The van der Waals surface area contributed by atoms with Crippen molar-refractivity contribution in [1.82, 2.24) is 0 Å². The van der Waals surface area contributed by atoms with Gasteiger partial charge in [0.05, 0.1) is 32.3 Å². The van der Waals surface area contributed by atoms with Crippen LogP contribution in [0.15, 0.2) is 126 Å². The second-order valence-electron chi connectivity index (χ2n) is 10.2. The molecule has 0 bridgehead atoms. The fourth-order valence-corrected chi connectivity index (χ4v) is 5.68. The average molecular weight is 458 g/mol. The van der Waals surface area contributed by atoms with Gasteiger partial charge in [-0.15, -0.1) is 0 Å². The van der Waals surface area contributed by atoms with E-state index in [1.807, 2.05) is 0 Å². The molecule has 2 nitrogen and oxygen atoms in total. The smallest absolute Gasteiger partial charge is 0.0923 e. The summed E-state index contributed by atoms with van der Waals surface area (Å²) < 4.78 is 0.529. The number of nitrogens with zero attached hydrogens (tertiary/aromatic N) is 2. The number of rotatable bonds is 7. The summed E-state index contributed by atoms with van der Waals surface area (Å²) in [5.74, 6) is 0.0638. The van der Waals surface area contributed by atoms with Gasteiger partial charge in [-0.2, -0.15) is 0 Å². The van der Waals surface area contributed by atoms with Crippen LogP contribution in [0.4, 0.5) is 0 Å². The minimum absolute atomic E-state index is 0.0638. The van der Waals surface area contributed by atoms with Gasteiger partial charge < -0.3 is 0 Å². The van der Waals surface area contributed by atoms with Gasteiger partial charge in [0, 0.05) is 5.92 Å². The maximum atomic E-state index is 5.20. The van der Waals surface area contributed by atoms with Gasteiger partial charge in [0.15, 0.2) is 0 Å². The lowest BCUT2D eigenvalue weighted by Gasteiger charge is -2.33. The standard InChI is InChI=1S/C33H33N2/c1-25(34-35(2,3)4)30(26-17-9-5-10-18-26)33(29-23-15-8-16-24-29)31(27-19-11-6-12-20-27)32(33)28-21-13-7-14-22-28/h5-24,30H,1-4H3/q+1/b34-25+/t30-/m0/s1. The van der Waals surface area contributed by atoms with E-state index in [9.17, 15) is 0 Å². The fraction of sp³-hybridized carbons (Fsp3) is 0.182. The first kappa shape index (κ1) is 23.0. The molecule has 1 aliphatic carbocycles. The van der Waals surface area contributed by atoms with Crippen molar-refractivity contribution in [3.8, 4) is 0 Å². The predicted molar refractivity (Wildman–Crippen MR) is 148 cm³/mol. The predicted octanol–water partition coefficient (Wildman–Crippen LogP) is 7.41. The topological polar surface area (TPSA) is 12.4 Å². The van der Waals surface area contributed by atoms with Crippen LogP contribution in [0.5, 0.6) is 0 Å². The minimum Gasteiger partial charge on any atom is -0.205 e. The van der Waals surface area contributed by atoms with E-state index in [1.165, 1.54) is 33.4 Å². The summed E-state index contributed by atoms with van der Waals surface area (Å²) >= 11 is 0. The van der Waals surface area contributed by atoms with Crippen molar-refractivity contribution in [2.45, 2.75) is 18.3 Å². The van der Waals surface area contributed by atoms with Gasteiger partial charge in [0.25, 0.3) is 0 Å². The minimum atomic E-state index is -0.311. The van der Waals surface area contributed by atoms with Crippen molar-refractivity contribution in [2.75, 3.05) is 21.1 Å². The highest BCUT2D eigenvalue weighted by Gasteiger charge is 2.61. The van der Waals surface area contributed by atoms with E-state index >= 15 is 0 Å². The van der Waals surface area contributed by atoms with Crippen molar-refractivity contribution in [1.29, 1.82) is 0 Å². The summed E-state index contributed by atoms with van der Waals surface area (Å²) in [4.78, 5) is 0. The number of allylic oxidation sites excluding steroid dienone is 2. The first-order valence-corrected chi connectivity index (χ1v) is 12.3. The Balaban J connectivity index is 1.84. The molecule has 1 atom stereocenters. The molecule has 35 heavy (non-hydrogen) atoms. The lowest BCUT2D eigenvalue weighted by molar-refractivity contribution is -0.877. The Labute approximate surface area is 209 Å². The summed E-state index contributed by atoms with van der Waals surface area (Å²) in [5, 5.41) is 5.20. The van der Waals surface area contributed by atoms with E-state index in [2.05, 4.69) is 149 Å². The molecule has 0 amide bonds. The molecule has 1 aliphatic rings. The Morgan fingerprint density at radius 3 is 1.43 bits per heavy atom. The lowest BCUT2D eigenvalue weighted by Crippen LogP contribution is -2.34. The molecule has 4 aromatic rings. The molecule has 0 aliphatic heterocycles. The van der Waals surface area contributed by atoms with E-state index in [0.717, 1.165) is 5.71 Å². The van der Waals surface area contributed by atoms with Crippen LogP contribution < -0.4 is 0 Å². The summed E-state index contributed by atoms with van der Waals surface area (Å²) in [6.07, 6.45) is 0. The van der Waals surface area contributed by atoms with Gasteiger partial charge in [-0.3, -0.25) is 0 Å². The largest absolute Gasteiger partial charge is 0.205 e. The number of benzene rings is 4. The van der Waals surface area contributed by atoms with Gasteiger partial charge in [-0.05, 0) is 40.3 Å². The SMILES string of the molecule is C/C(=N\[N+](C)(C)C)[C@@H](c1ccccc1)C1(c2ccccc2)C(c2ccccc2)=C1c1ccccc1. The fourth-order valence-electron chi connectivity index (χ4n) is 5.68. The third-order valence-corrected chi connectivity index (χ3v) is 6.77. The summed E-state index contributed by atoms with van der Waals surface area (Å²) in [6, 6.07) is 43.7. The Bertz CT molecular complexity index is 1300. The average Bonchev–Trinajstić information content (AvgIpc) is 3.56. The molecular weight excluding hydrogens is 424 g/mol.